The highest BCUT2D eigenvalue weighted by atomic mass is 32.1. The molecule has 4 nitrogen and oxygen atoms in total. The van der Waals surface area contributed by atoms with E-state index in [0.717, 1.165) is 12.1 Å². The molecular formula is C16H20N4S. The summed E-state index contributed by atoms with van der Waals surface area (Å²) in [7, 11) is 1.98. The van der Waals surface area contributed by atoms with Gasteiger partial charge >= 0.3 is 0 Å². The lowest BCUT2D eigenvalue weighted by Crippen LogP contribution is -2.30. The van der Waals surface area contributed by atoms with Gasteiger partial charge < -0.3 is 0 Å². The van der Waals surface area contributed by atoms with Crippen molar-refractivity contribution in [2.45, 2.75) is 26.3 Å². The van der Waals surface area contributed by atoms with Crippen LogP contribution in [0.2, 0.25) is 0 Å². The molecular weight excluding hydrogens is 280 g/mol. The van der Waals surface area contributed by atoms with Crippen molar-refractivity contribution in [3.8, 4) is 0 Å². The van der Waals surface area contributed by atoms with Crippen LogP contribution in [0.15, 0.2) is 29.6 Å². The quantitative estimate of drug-likeness (QED) is 0.575. The predicted molar refractivity (Wildman–Crippen MR) is 88.3 cm³/mol. The molecule has 0 bridgehead atoms. The van der Waals surface area contributed by atoms with E-state index in [-0.39, 0.29) is 6.04 Å². The highest BCUT2D eigenvalue weighted by molar-refractivity contribution is 7.17. The van der Waals surface area contributed by atoms with Gasteiger partial charge in [0.2, 0.25) is 0 Å². The second kappa shape index (κ2) is 5.60. The zero-order valence-corrected chi connectivity index (χ0v) is 13.4. The van der Waals surface area contributed by atoms with Gasteiger partial charge in [-0.05, 0) is 48.2 Å². The van der Waals surface area contributed by atoms with Crippen LogP contribution >= 0.6 is 11.3 Å². The number of nitrogens with zero attached hydrogens (tertiary/aromatic N) is 2. The summed E-state index contributed by atoms with van der Waals surface area (Å²) < 4.78 is 3.24. The molecule has 2 heterocycles. The number of hydrogen-bond acceptors (Lipinski definition) is 4. The third-order valence-electron chi connectivity index (χ3n) is 4.15. The summed E-state index contributed by atoms with van der Waals surface area (Å²) >= 11 is 1.77. The summed E-state index contributed by atoms with van der Waals surface area (Å²) in [5.41, 5.74) is 7.79. The highest BCUT2D eigenvalue weighted by Crippen LogP contribution is 2.31. The molecule has 0 aliphatic rings. The van der Waals surface area contributed by atoms with Gasteiger partial charge in [0.15, 0.2) is 0 Å². The molecule has 5 heteroatoms. The van der Waals surface area contributed by atoms with E-state index in [1.54, 1.807) is 11.3 Å². The summed E-state index contributed by atoms with van der Waals surface area (Å²) in [5.74, 6) is 5.85. The number of fused-ring (bicyclic) bond motifs is 1. The van der Waals surface area contributed by atoms with E-state index in [2.05, 4.69) is 54.0 Å². The fourth-order valence-electron chi connectivity index (χ4n) is 2.87. The summed E-state index contributed by atoms with van der Waals surface area (Å²) in [6.45, 7) is 4.16. The molecule has 0 spiro atoms. The second-order valence-electron chi connectivity index (χ2n) is 5.38. The lowest BCUT2D eigenvalue weighted by Gasteiger charge is -2.17. The first-order valence-electron chi connectivity index (χ1n) is 7.03. The minimum Gasteiger partial charge on any atom is -0.272 e. The highest BCUT2D eigenvalue weighted by Gasteiger charge is 2.18. The van der Waals surface area contributed by atoms with Crippen LogP contribution in [-0.4, -0.2) is 9.78 Å². The Bertz CT molecular complexity index is 772. The van der Waals surface area contributed by atoms with E-state index in [1.807, 2.05) is 11.7 Å². The Morgan fingerprint density at radius 1 is 1.33 bits per heavy atom. The molecule has 0 saturated carbocycles. The van der Waals surface area contributed by atoms with Gasteiger partial charge in [-0.3, -0.25) is 16.0 Å². The molecule has 1 atom stereocenters. The normalized spacial score (nSPS) is 13.0. The van der Waals surface area contributed by atoms with Crippen molar-refractivity contribution >= 4 is 21.4 Å². The maximum Gasteiger partial charge on any atom is 0.0629 e. The zero-order valence-electron chi connectivity index (χ0n) is 12.6. The fourth-order valence-corrected chi connectivity index (χ4v) is 3.84. The molecule has 1 unspecified atom stereocenters. The van der Waals surface area contributed by atoms with Crippen molar-refractivity contribution in [2.24, 2.45) is 12.9 Å². The largest absolute Gasteiger partial charge is 0.272 e. The van der Waals surface area contributed by atoms with Gasteiger partial charge in [0.1, 0.15) is 0 Å². The molecule has 0 amide bonds. The Hall–Kier alpha value is -1.69. The van der Waals surface area contributed by atoms with E-state index >= 15 is 0 Å². The van der Waals surface area contributed by atoms with Crippen LogP contribution < -0.4 is 11.3 Å². The van der Waals surface area contributed by atoms with Crippen molar-refractivity contribution in [3.05, 3.63) is 52.2 Å². The number of hydrogen-bond donors (Lipinski definition) is 2. The third kappa shape index (κ3) is 2.48. The molecule has 110 valence electrons. The second-order valence-corrected chi connectivity index (χ2v) is 6.30. The molecule has 21 heavy (non-hydrogen) atoms. The standard InChI is InChI=1S/C16H20N4S/c1-10-14(11(2)20(3)19-10)9-15(18-17)13-6-4-5-12-7-8-21-16(12)13/h4-8,15,18H,9,17H2,1-3H3. The summed E-state index contributed by atoms with van der Waals surface area (Å²) in [6.07, 6.45) is 0.846. The van der Waals surface area contributed by atoms with Crippen molar-refractivity contribution in [2.75, 3.05) is 0 Å². The maximum atomic E-state index is 5.85. The monoisotopic (exact) mass is 300 g/mol. The Morgan fingerprint density at radius 3 is 2.81 bits per heavy atom. The van der Waals surface area contributed by atoms with E-state index in [0.29, 0.717) is 0 Å². The number of hydrazine groups is 1. The lowest BCUT2D eigenvalue weighted by atomic mass is 9.97. The first-order valence-corrected chi connectivity index (χ1v) is 7.91. The van der Waals surface area contributed by atoms with E-state index < -0.39 is 0 Å². The minimum atomic E-state index is 0.0916. The van der Waals surface area contributed by atoms with Crippen LogP contribution in [0.25, 0.3) is 10.1 Å². The van der Waals surface area contributed by atoms with Crippen molar-refractivity contribution in [1.82, 2.24) is 15.2 Å². The molecule has 3 N–H and O–H groups in total. The van der Waals surface area contributed by atoms with Gasteiger partial charge in [-0.1, -0.05) is 18.2 Å². The summed E-state index contributed by atoms with van der Waals surface area (Å²) in [5, 5.41) is 7.90. The number of nitrogens with two attached hydrogens (primary N) is 1. The number of benzene rings is 1. The number of thiophene rings is 1. The molecule has 2 aromatic heterocycles. The van der Waals surface area contributed by atoms with Gasteiger partial charge in [-0.2, -0.15) is 5.10 Å². The Balaban J connectivity index is 2.01. The van der Waals surface area contributed by atoms with Crippen LogP contribution in [0.1, 0.15) is 28.6 Å². The summed E-state index contributed by atoms with van der Waals surface area (Å²) in [6, 6.07) is 8.64. The van der Waals surface area contributed by atoms with Gasteiger partial charge in [-0.25, -0.2) is 0 Å². The van der Waals surface area contributed by atoms with Gasteiger partial charge in [-0.15, -0.1) is 11.3 Å². The van der Waals surface area contributed by atoms with Crippen molar-refractivity contribution in [1.29, 1.82) is 0 Å². The van der Waals surface area contributed by atoms with E-state index in [4.69, 9.17) is 5.84 Å². The average Bonchev–Trinajstić information content (AvgIpc) is 3.04. The van der Waals surface area contributed by atoms with Gasteiger partial charge in [0, 0.05) is 17.4 Å². The maximum absolute atomic E-state index is 5.85. The molecule has 3 rings (SSSR count). The SMILES string of the molecule is Cc1nn(C)c(C)c1CC(NN)c1cccc2ccsc12. The van der Waals surface area contributed by atoms with E-state index in [1.165, 1.54) is 26.9 Å². The fraction of sp³-hybridized carbons (Fsp3) is 0.312. The first-order chi connectivity index (χ1) is 10.1. The molecule has 0 saturated heterocycles. The Labute approximate surface area is 128 Å². The number of aryl methyl sites for hydroxylation is 2. The number of rotatable bonds is 4. The molecule has 0 aliphatic heterocycles. The molecule has 3 aromatic rings. The molecule has 0 aliphatic carbocycles. The number of aromatic nitrogens is 2. The topological polar surface area (TPSA) is 55.9 Å². The van der Waals surface area contributed by atoms with Crippen molar-refractivity contribution in [3.63, 3.8) is 0 Å². The Morgan fingerprint density at radius 2 is 2.14 bits per heavy atom. The van der Waals surface area contributed by atoms with Crippen LogP contribution in [0.3, 0.4) is 0 Å². The minimum absolute atomic E-state index is 0.0916. The zero-order chi connectivity index (χ0) is 15.0. The van der Waals surface area contributed by atoms with Crippen molar-refractivity contribution < 1.29 is 0 Å². The van der Waals surface area contributed by atoms with Crippen LogP contribution in [-0.2, 0) is 13.5 Å². The lowest BCUT2D eigenvalue weighted by molar-refractivity contribution is 0.553. The predicted octanol–water partition coefficient (Wildman–Crippen LogP) is 3.00. The van der Waals surface area contributed by atoms with Crippen LogP contribution in [0.4, 0.5) is 0 Å². The van der Waals surface area contributed by atoms with E-state index in [9.17, 15) is 0 Å². The third-order valence-corrected chi connectivity index (χ3v) is 5.13. The smallest absolute Gasteiger partial charge is 0.0629 e. The van der Waals surface area contributed by atoms with Gasteiger partial charge in [0.05, 0.1) is 11.7 Å². The molecule has 0 radical (unpaired) electrons. The molecule has 1 aromatic carbocycles. The first kappa shape index (κ1) is 14.3. The Kier molecular flexibility index (Phi) is 3.80. The van der Waals surface area contributed by atoms with Crippen LogP contribution in [0, 0.1) is 13.8 Å². The number of nitrogens with one attached hydrogen (secondary N) is 1. The summed E-state index contributed by atoms with van der Waals surface area (Å²) in [4.78, 5) is 0. The molecule has 0 fully saturated rings. The van der Waals surface area contributed by atoms with Gasteiger partial charge in [0.25, 0.3) is 0 Å². The average molecular weight is 300 g/mol. The van der Waals surface area contributed by atoms with Crippen LogP contribution in [0.5, 0.6) is 0 Å².